The van der Waals surface area contributed by atoms with Crippen LogP contribution in [0.5, 0.6) is 0 Å². The van der Waals surface area contributed by atoms with E-state index in [4.69, 9.17) is 0 Å². The zero-order valence-corrected chi connectivity index (χ0v) is 17.9. The van der Waals surface area contributed by atoms with Crippen LogP contribution in [0.1, 0.15) is 25.8 Å². The summed E-state index contributed by atoms with van der Waals surface area (Å²) in [6, 6.07) is 7.13. The second-order valence-corrected chi connectivity index (χ2v) is 9.24. The predicted molar refractivity (Wildman–Crippen MR) is 112 cm³/mol. The van der Waals surface area contributed by atoms with E-state index in [-0.39, 0.29) is 0 Å². The van der Waals surface area contributed by atoms with Crippen molar-refractivity contribution in [3.63, 3.8) is 0 Å². The third-order valence-electron chi connectivity index (χ3n) is 5.26. The van der Waals surface area contributed by atoms with Crippen LogP contribution in [0.4, 0.5) is 0 Å². The molecular weight excluding hydrogens is 360 g/mol. The lowest BCUT2D eigenvalue weighted by Gasteiger charge is -2.24. The molecule has 0 aliphatic carbocycles. The first-order chi connectivity index (χ1) is 12.9. The SMILES string of the molecule is CCN(CC)CC1CCN(C(=NC)NCCc2ccc(S(C)(=O)=O)cc2)C1. The van der Waals surface area contributed by atoms with Gasteiger partial charge in [-0.3, -0.25) is 4.99 Å². The Hall–Kier alpha value is -1.60. The molecule has 0 aromatic heterocycles. The Morgan fingerprint density at radius 3 is 2.48 bits per heavy atom. The lowest BCUT2D eigenvalue weighted by Crippen LogP contribution is -2.41. The number of rotatable bonds is 8. The first kappa shape index (κ1) is 21.7. The molecule has 2 rings (SSSR count). The summed E-state index contributed by atoms with van der Waals surface area (Å²) < 4.78 is 23.1. The molecular formula is C20H34N4O2S. The molecule has 1 unspecified atom stereocenters. The smallest absolute Gasteiger partial charge is 0.193 e. The number of benzene rings is 1. The number of nitrogens with one attached hydrogen (secondary N) is 1. The number of aliphatic imine (C=N–C) groups is 1. The number of likely N-dealkylation sites (tertiary alicyclic amines) is 1. The van der Waals surface area contributed by atoms with Gasteiger partial charge in [0.1, 0.15) is 0 Å². The molecule has 1 N–H and O–H groups in total. The summed E-state index contributed by atoms with van der Waals surface area (Å²) in [5.74, 6) is 1.66. The highest BCUT2D eigenvalue weighted by Gasteiger charge is 2.25. The van der Waals surface area contributed by atoms with Gasteiger partial charge >= 0.3 is 0 Å². The Morgan fingerprint density at radius 1 is 1.26 bits per heavy atom. The zero-order chi connectivity index (χ0) is 19.9. The summed E-state index contributed by atoms with van der Waals surface area (Å²) in [6.07, 6.45) is 3.28. The van der Waals surface area contributed by atoms with Crippen LogP contribution in [-0.4, -0.2) is 76.7 Å². The van der Waals surface area contributed by atoms with Crippen LogP contribution in [0, 0.1) is 5.92 Å². The van der Waals surface area contributed by atoms with Crippen molar-refractivity contribution < 1.29 is 8.42 Å². The molecule has 1 heterocycles. The van der Waals surface area contributed by atoms with E-state index in [0.717, 1.165) is 57.2 Å². The van der Waals surface area contributed by atoms with Gasteiger partial charge in [0.15, 0.2) is 15.8 Å². The maximum absolute atomic E-state index is 11.5. The molecule has 6 nitrogen and oxygen atoms in total. The van der Waals surface area contributed by atoms with Gasteiger partial charge in [-0.05, 0) is 49.5 Å². The highest BCUT2D eigenvalue weighted by atomic mass is 32.2. The third-order valence-corrected chi connectivity index (χ3v) is 6.38. The summed E-state index contributed by atoms with van der Waals surface area (Å²) in [6.45, 7) is 10.7. The lowest BCUT2D eigenvalue weighted by atomic mass is 10.1. The normalized spacial score (nSPS) is 18.3. The molecule has 1 aliphatic heterocycles. The highest BCUT2D eigenvalue weighted by Crippen LogP contribution is 2.17. The van der Waals surface area contributed by atoms with Crippen molar-refractivity contribution >= 4 is 15.8 Å². The molecule has 1 aliphatic rings. The van der Waals surface area contributed by atoms with Crippen LogP contribution in [0.3, 0.4) is 0 Å². The fourth-order valence-corrected chi connectivity index (χ4v) is 4.21. The molecule has 1 aromatic carbocycles. The Labute approximate surface area is 164 Å². The summed E-state index contributed by atoms with van der Waals surface area (Å²) in [5.41, 5.74) is 1.12. The molecule has 1 atom stereocenters. The Morgan fingerprint density at radius 2 is 1.93 bits per heavy atom. The van der Waals surface area contributed by atoms with Crippen LogP contribution in [0.2, 0.25) is 0 Å². The maximum atomic E-state index is 11.5. The monoisotopic (exact) mass is 394 g/mol. The second-order valence-electron chi connectivity index (χ2n) is 7.23. The molecule has 0 spiro atoms. The maximum Gasteiger partial charge on any atom is 0.193 e. The van der Waals surface area contributed by atoms with E-state index in [2.05, 4.69) is 34.0 Å². The summed E-state index contributed by atoms with van der Waals surface area (Å²) in [5, 5.41) is 3.45. The Kier molecular flexibility index (Phi) is 8.10. The first-order valence-corrected chi connectivity index (χ1v) is 11.7. The standard InChI is InChI=1S/C20H34N4O2S/c1-5-23(6-2)15-18-12-14-24(16-18)20(21-3)22-13-11-17-7-9-19(10-8-17)27(4,25)26/h7-10,18H,5-6,11-16H2,1-4H3,(H,21,22). The van der Waals surface area contributed by atoms with Crippen molar-refractivity contribution in [1.82, 2.24) is 15.1 Å². The van der Waals surface area contributed by atoms with E-state index in [9.17, 15) is 8.42 Å². The lowest BCUT2D eigenvalue weighted by molar-refractivity contribution is 0.255. The summed E-state index contributed by atoms with van der Waals surface area (Å²) >= 11 is 0. The van der Waals surface area contributed by atoms with Crippen LogP contribution < -0.4 is 5.32 Å². The van der Waals surface area contributed by atoms with E-state index in [1.807, 2.05) is 19.2 Å². The fourth-order valence-electron chi connectivity index (χ4n) is 3.58. The number of guanidine groups is 1. The minimum atomic E-state index is -3.13. The van der Waals surface area contributed by atoms with Crippen molar-refractivity contribution in [1.29, 1.82) is 0 Å². The average molecular weight is 395 g/mol. The predicted octanol–water partition coefficient (Wildman–Crippen LogP) is 1.87. The topological polar surface area (TPSA) is 65.0 Å². The molecule has 0 saturated carbocycles. The highest BCUT2D eigenvalue weighted by molar-refractivity contribution is 7.90. The molecule has 0 bridgehead atoms. The largest absolute Gasteiger partial charge is 0.356 e. The number of hydrogen-bond acceptors (Lipinski definition) is 4. The molecule has 1 aromatic rings. The van der Waals surface area contributed by atoms with Gasteiger partial charge in [-0.25, -0.2) is 8.42 Å². The van der Waals surface area contributed by atoms with Crippen LogP contribution in [-0.2, 0) is 16.3 Å². The molecule has 1 saturated heterocycles. The molecule has 27 heavy (non-hydrogen) atoms. The van der Waals surface area contributed by atoms with Gasteiger partial charge in [0, 0.05) is 39.5 Å². The summed E-state index contributed by atoms with van der Waals surface area (Å²) in [4.78, 5) is 9.65. The zero-order valence-electron chi connectivity index (χ0n) is 17.1. The van der Waals surface area contributed by atoms with Crippen molar-refractivity contribution in [2.75, 3.05) is 52.6 Å². The van der Waals surface area contributed by atoms with E-state index >= 15 is 0 Å². The van der Waals surface area contributed by atoms with Gasteiger partial charge in [0.05, 0.1) is 4.90 Å². The minimum absolute atomic E-state index is 0.367. The number of hydrogen-bond donors (Lipinski definition) is 1. The first-order valence-electron chi connectivity index (χ1n) is 9.84. The fraction of sp³-hybridized carbons (Fsp3) is 0.650. The van der Waals surface area contributed by atoms with Crippen molar-refractivity contribution in [3.05, 3.63) is 29.8 Å². The van der Waals surface area contributed by atoms with Gasteiger partial charge in [-0.1, -0.05) is 26.0 Å². The van der Waals surface area contributed by atoms with E-state index in [0.29, 0.717) is 10.8 Å². The molecule has 0 radical (unpaired) electrons. The van der Waals surface area contributed by atoms with Gasteiger partial charge in [0.25, 0.3) is 0 Å². The third kappa shape index (κ3) is 6.50. The second kappa shape index (κ2) is 10.1. The Bertz CT molecular complexity index is 712. The van der Waals surface area contributed by atoms with Crippen LogP contribution >= 0.6 is 0 Å². The van der Waals surface area contributed by atoms with Crippen LogP contribution in [0.25, 0.3) is 0 Å². The van der Waals surface area contributed by atoms with E-state index in [1.165, 1.54) is 12.7 Å². The van der Waals surface area contributed by atoms with Crippen molar-refractivity contribution in [3.8, 4) is 0 Å². The van der Waals surface area contributed by atoms with Crippen molar-refractivity contribution in [2.45, 2.75) is 31.6 Å². The van der Waals surface area contributed by atoms with Gasteiger partial charge in [0.2, 0.25) is 0 Å². The Balaban J connectivity index is 1.81. The molecule has 152 valence electrons. The quantitative estimate of drug-likeness (QED) is 0.539. The van der Waals surface area contributed by atoms with Gasteiger partial charge in [-0.15, -0.1) is 0 Å². The van der Waals surface area contributed by atoms with Gasteiger partial charge < -0.3 is 15.1 Å². The average Bonchev–Trinajstić information content (AvgIpc) is 3.11. The van der Waals surface area contributed by atoms with Crippen LogP contribution in [0.15, 0.2) is 34.2 Å². The van der Waals surface area contributed by atoms with E-state index in [1.54, 1.807) is 12.1 Å². The molecule has 7 heteroatoms. The summed E-state index contributed by atoms with van der Waals surface area (Å²) in [7, 11) is -1.30. The van der Waals surface area contributed by atoms with E-state index < -0.39 is 9.84 Å². The molecule has 1 fully saturated rings. The minimum Gasteiger partial charge on any atom is -0.356 e. The molecule has 0 amide bonds. The van der Waals surface area contributed by atoms with Crippen molar-refractivity contribution in [2.24, 2.45) is 10.9 Å². The number of nitrogens with zero attached hydrogens (tertiary/aromatic N) is 3. The van der Waals surface area contributed by atoms with Gasteiger partial charge in [-0.2, -0.15) is 0 Å². The number of sulfone groups is 1.